The van der Waals surface area contributed by atoms with Crippen molar-refractivity contribution < 1.29 is 0 Å². The predicted octanol–water partition coefficient (Wildman–Crippen LogP) is 12.3. The van der Waals surface area contributed by atoms with Crippen LogP contribution in [0.15, 0.2) is 181 Å². The van der Waals surface area contributed by atoms with E-state index in [1.807, 2.05) is 72.9 Å². The average molecular weight is 685 g/mol. The number of hydrogen-bond donors (Lipinski definition) is 0. The highest BCUT2D eigenvalue weighted by Crippen LogP contribution is 2.39. The lowest BCUT2D eigenvalue weighted by molar-refractivity contribution is 1.07. The van der Waals surface area contributed by atoms with E-state index in [0.29, 0.717) is 17.5 Å². The van der Waals surface area contributed by atoms with Gasteiger partial charge in [-0.15, -0.1) is 11.8 Å². The Kier molecular flexibility index (Phi) is 8.31. The smallest absolute Gasteiger partial charge is 0.164 e. The number of fused-ring (bicyclic) bond motifs is 3. The summed E-state index contributed by atoms with van der Waals surface area (Å²) < 4.78 is 0. The van der Waals surface area contributed by atoms with E-state index in [-0.39, 0.29) is 0 Å². The van der Waals surface area contributed by atoms with Gasteiger partial charge in [-0.1, -0.05) is 133 Å². The Balaban J connectivity index is 1.28. The van der Waals surface area contributed by atoms with Crippen LogP contribution in [0.25, 0.3) is 89.2 Å². The molecule has 0 radical (unpaired) electrons. The Morgan fingerprint density at radius 1 is 0.385 bits per heavy atom. The van der Waals surface area contributed by atoms with Gasteiger partial charge in [-0.3, -0.25) is 4.98 Å². The fraction of sp³-hybridized carbons (Fsp3) is 0.0213. The van der Waals surface area contributed by atoms with Crippen LogP contribution in [0.3, 0.4) is 0 Å². The summed E-state index contributed by atoms with van der Waals surface area (Å²) in [5.74, 6) is 1.89. The zero-order valence-electron chi connectivity index (χ0n) is 28.4. The Hall–Kier alpha value is -6.43. The fourth-order valence-electron chi connectivity index (χ4n) is 6.90. The van der Waals surface area contributed by atoms with Gasteiger partial charge in [0.1, 0.15) is 0 Å². The summed E-state index contributed by atoms with van der Waals surface area (Å²) in [6.07, 6.45) is 3.95. The summed E-state index contributed by atoms with van der Waals surface area (Å²) in [5.41, 5.74) is 9.30. The highest BCUT2D eigenvalue weighted by atomic mass is 32.2. The molecule has 9 aromatic rings. The molecule has 7 aromatic carbocycles. The van der Waals surface area contributed by atoms with E-state index < -0.39 is 0 Å². The Bertz CT molecular complexity index is 2650. The maximum atomic E-state index is 5.12. The first kappa shape index (κ1) is 31.5. The normalized spacial score (nSPS) is 11.2. The van der Waals surface area contributed by atoms with Gasteiger partial charge in [-0.25, -0.2) is 15.0 Å². The third-order valence-corrected chi connectivity index (χ3v) is 10.2. The number of thioether (sulfide) groups is 1. The first-order valence-corrected chi connectivity index (χ1v) is 18.5. The molecular formula is C47H32N4S. The first-order chi connectivity index (χ1) is 25.7. The van der Waals surface area contributed by atoms with E-state index in [1.54, 1.807) is 11.8 Å². The number of hydrogen-bond acceptors (Lipinski definition) is 5. The SMILES string of the molecule is CSc1cccnc1-c1ccc(-c2cc(-c3nc(-c4ccccc4)nc(-c4ccccc4)n3)cc(-c3cc4ccccc4c4ccccc34)c2)cc1. The highest BCUT2D eigenvalue weighted by molar-refractivity contribution is 7.98. The molecule has 2 heterocycles. The third-order valence-electron chi connectivity index (χ3n) is 9.45. The number of pyridine rings is 1. The van der Waals surface area contributed by atoms with E-state index in [1.165, 1.54) is 21.5 Å². The van der Waals surface area contributed by atoms with Crippen molar-refractivity contribution in [2.24, 2.45) is 0 Å². The van der Waals surface area contributed by atoms with Crippen LogP contribution in [0.2, 0.25) is 0 Å². The van der Waals surface area contributed by atoms with Crippen molar-refractivity contribution in [3.63, 3.8) is 0 Å². The van der Waals surface area contributed by atoms with Crippen LogP contribution in [-0.4, -0.2) is 26.2 Å². The Morgan fingerprint density at radius 3 is 1.60 bits per heavy atom. The standard InChI is InChI=1S/C47H32N4S/c1-52-43-21-12-26-48-44(43)32-24-22-31(23-25-32)36-27-37(42-30-35-17-8-9-18-39(35)40-19-10-11-20-41(40)42)29-38(28-36)47-50-45(33-13-4-2-5-14-33)49-46(51-47)34-15-6-3-7-16-34/h2-30H,1H3. The highest BCUT2D eigenvalue weighted by Gasteiger charge is 2.17. The summed E-state index contributed by atoms with van der Waals surface area (Å²) in [6.45, 7) is 0. The molecule has 2 aromatic heterocycles. The van der Waals surface area contributed by atoms with E-state index in [0.717, 1.165) is 55.1 Å². The largest absolute Gasteiger partial charge is 0.255 e. The monoisotopic (exact) mass is 684 g/mol. The fourth-order valence-corrected chi connectivity index (χ4v) is 7.48. The lowest BCUT2D eigenvalue weighted by atomic mass is 9.90. The van der Waals surface area contributed by atoms with Gasteiger partial charge in [0.05, 0.1) is 5.69 Å². The van der Waals surface area contributed by atoms with Crippen molar-refractivity contribution in [1.82, 2.24) is 19.9 Å². The molecule has 0 aliphatic carbocycles. The van der Waals surface area contributed by atoms with Gasteiger partial charge >= 0.3 is 0 Å². The summed E-state index contributed by atoms with van der Waals surface area (Å²) in [4.78, 5) is 21.1. The summed E-state index contributed by atoms with van der Waals surface area (Å²) in [7, 11) is 0. The maximum absolute atomic E-state index is 5.12. The second-order valence-corrected chi connectivity index (χ2v) is 13.5. The molecule has 0 bridgehead atoms. The van der Waals surface area contributed by atoms with E-state index >= 15 is 0 Å². The molecule has 52 heavy (non-hydrogen) atoms. The van der Waals surface area contributed by atoms with Gasteiger partial charge < -0.3 is 0 Å². The number of aromatic nitrogens is 4. The van der Waals surface area contributed by atoms with Crippen molar-refractivity contribution in [2.45, 2.75) is 4.90 Å². The maximum Gasteiger partial charge on any atom is 0.164 e. The minimum absolute atomic E-state index is 0.621. The van der Waals surface area contributed by atoms with Gasteiger partial charge in [0, 0.05) is 33.3 Å². The van der Waals surface area contributed by atoms with Gasteiger partial charge in [-0.2, -0.15) is 0 Å². The second kappa shape index (κ2) is 13.7. The third kappa shape index (κ3) is 6.02. The van der Waals surface area contributed by atoms with E-state index in [4.69, 9.17) is 19.9 Å². The van der Waals surface area contributed by atoms with E-state index in [2.05, 4.69) is 109 Å². The molecule has 0 unspecified atom stereocenters. The van der Waals surface area contributed by atoms with E-state index in [9.17, 15) is 0 Å². The minimum atomic E-state index is 0.621. The molecule has 0 saturated carbocycles. The number of rotatable bonds is 7. The second-order valence-electron chi connectivity index (χ2n) is 12.7. The van der Waals surface area contributed by atoms with Gasteiger partial charge in [0.2, 0.25) is 0 Å². The van der Waals surface area contributed by atoms with Crippen LogP contribution in [0.4, 0.5) is 0 Å². The van der Waals surface area contributed by atoms with Crippen LogP contribution in [0, 0.1) is 0 Å². The molecule has 0 aliphatic rings. The van der Waals surface area contributed by atoms with Gasteiger partial charge in [0.25, 0.3) is 0 Å². The first-order valence-electron chi connectivity index (χ1n) is 17.2. The van der Waals surface area contributed by atoms with Crippen molar-refractivity contribution >= 4 is 33.3 Å². The van der Waals surface area contributed by atoms with Gasteiger partial charge in [-0.05, 0) is 86.5 Å². The Morgan fingerprint density at radius 2 is 0.923 bits per heavy atom. The molecule has 246 valence electrons. The van der Waals surface area contributed by atoms with Crippen LogP contribution >= 0.6 is 11.8 Å². The average Bonchev–Trinajstić information content (AvgIpc) is 3.23. The molecule has 9 rings (SSSR count). The molecule has 0 atom stereocenters. The zero-order chi connectivity index (χ0) is 34.9. The molecule has 5 heteroatoms. The molecule has 0 N–H and O–H groups in total. The van der Waals surface area contributed by atoms with Crippen molar-refractivity contribution in [3.05, 3.63) is 176 Å². The van der Waals surface area contributed by atoms with Crippen LogP contribution in [0.5, 0.6) is 0 Å². The molecule has 0 spiro atoms. The summed E-state index contributed by atoms with van der Waals surface area (Å²) in [5, 5.41) is 4.87. The van der Waals surface area contributed by atoms with Crippen molar-refractivity contribution in [1.29, 1.82) is 0 Å². The van der Waals surface area contributed by atoms with Crippen LogP contribution in [-0.2, 0) is 0 Å². The molecule has 0 amide bonds. The summed E-state index contributed by atoms with van der Waals surface area (Å²) in [6, 6.07) is 59.4. The van der Waals surface area contributed by atoms with Crippen LogP contribution in [0.1, 0.15) is 0 Å². The molecule has 0 aliphatic heterocycles. The minimum Gasteiger partial charge on any atom is -0.255 e. The van der Waals surface area contributed by atoms with Crippen molar-refractivity contribution in [2.75, 3.05) is 6.26 Å². The topological polar surface area (TPSA) is 51.6 Å². The molecule has 4 nitrogen and oxygen atoms in total. The quantitative estimate of drug-likeness (QED) is 0.124. The van der Waals surface area contributed by atoms with Crippen molar-refractivity contribution in [3.8, 4) is 67.7 Å². The number of benzene rings is 7. The van der Waals surface area contributed by atoms with Crippen LogP contribution < -0.4 is 0 Å². The lowest BCUT2D eigenvalue weighted by Gasteiger charge is -2.15. The molecular weight excluding hydrogens is 653 g/mol. The summed E-state index contributed by atoms with van der Waals surface area (Å²) >= 11 is 1.71. The molecule has 0 fully saturated rings. The zero-order valence-corrected chi connectivity index (χ0v) is 29.3. The molecule has 0 saturated heterocycles. The predicted molar refractivity (Wildman–Crippen MR) is 217 cm³/mol. The Labute approximate surface area is 307 Å². The lowest BCUT2D eigenvalue weighted by Crippen LogP contribution is -2.00. The van der Waals surface area contributed by atoms with Gasteiger partial charge in [0.15, 0.2) is 17.5 Å². The number of nitrogens with zero attached hydrogens (tertiary/aromatic N) is 4.